The van der Waals surface area contributed by atoms with Crippen LogP contribution in [-0.2, 0) is 9.53 Å². The summed E-state index contributed by atoms with van der Waals surface area (Å²) in [6, 6.07) is 14.3. The van der Waals surface area contributed by atoms with Crippen LogP contribution >= 0.6 is 0 Å². The molecule has 0 unspecified atom stereocenters. The number of carboxylic acid groups (broad SMARTS) is 1. The lowest BCUT2D eigenvalue weighted by Crippen LogP contribution is -2.55. The fourth-order valence-corrected chi connectivity index (χ4v) is 4.12. The molecular formula is C21H25NO4. The Labute approximate surface area is 153 Å². The molecule has 1 N–H and O–H groups in total. The molecule has 0 spiro atoms. The number of carboxylic acids is 1. The van der Waals surface area contributed by atoms with Gasteiger partial charge in [-0.1, -0.05) is 30.3 Å². The van der Waals surface area contributed by atoms with Gasteiger partial charge in [0, 0.05) is 45.2 Å². The van der Waals surface area contributed by atoms with Crippen molar-refractivity contribution in [3.8, 4) is 5.75 Å². The number of carbonyl (C=O) groups is 1. The van der Waals surface area contributed by atoms with Crippen LogP contribution in [0.2, 0.25) is 0 Å². The van der Waals surface area contributed by atoms with E-state index in [1.807, 2.05) is 42.5 Å². The van der Waals surface area contributed by atoms with Crippen molar-refractivity contribution in [1.82, 2.24) is 4.90 Å². The minimum atomic E-state index is -1.13. The van der Waals surface area contributed by atoms with Gasteiger partial charge in [0.1, 0.15) is 5.75 Å². The number of hydrogen-bond donors (Lipinski definition) is 1. The number of hydrogen-bond acceptors (Lipinski definition) is 4. The fourth-order valence-electron chi connectivity index (χ4n) is 4.12. The molecule has 4 rings (SSSR count). The van der Waals surface area contributed by atoms with Crippen LogP contribution in [0.3, 0.4) is 0 Å². The van der Waals surface area contributed by atoms with Gasteiger partial charge in [-0.3, -0.25) is 4.90 Å². The number of rotatable bonds is 4. The smallest absolute Gasteiger partial charge is 0.348 e. The Morgan fingerprint density at radius 3 is 2.46 bits per heavy atom. The van der Waals surface area contributed by atoms with Crippen LogP contribution in [0.25, 0.3) is 10.8 Å². The zero-order valence-corrected chi connectivity index (χ0v) is 14.9. The van der Waals surface area contributed by atoms with Gasteiger partial charge in [-0.05, 0) is 35.7 Å². The van der Waals surface area contributed by atoms with Crippen LogP contribution in [0.4, 0.5) is 0 Å². The first-order valence-electron chi connectivity index (χ1n) is 9.39. The summed E-state index contributed by atoms with van der Waals surface area (Å²) in [5.41, 5.74) is -1.13. The van der Waals surface area contributed by atoms with Crippen LogP contribution in [0.5, 0.6) is 5.75 Å². The average Bonchev–Trinajstić information content (AvgIpc) is 2.69. The van der Waals surface area contributed by atoms with E-state index in [-0.39, 0.29) is 0 Å². The maximum Gasteiger partial charge on any atom is 0.348 e. The molecule has 2 aromatic rings. The highest BCUT2D eigenvalue weighted by molar-refractivity contribution is 5.84. The molecule has 2 saturated heterocycles. The van der Waals surface area contributed by atoms with E-state index >= 15 is 0 Å². The summed E-state index contributed by atoms with van der Waals surface area (Å²) in [7, 11) is 0. The minimum Gasteiger partial charge on any atom is -0.478 e. The zero-order valence-electron chi connectivity index (χ0n) is 14.9. The van der Waals surface area contributed by atoms with Gasteiger partial charge in [0.05, 0.1) is 0 Å². The highest BCUT2D eigenvalue weighted by Crippen LogP contribution is 2.32. The van der Waals surface area contributed by atoms with E-state index in [1.54, 1.807) is 0 Å². The Morgan fingerprint density at radius 2 is 1.77 bits per heavy atom. The third-order valence-corrected chi connectivity index (χ3v) is 5.74. The molecule has 26 heavy (non-hydrogen) atoms. The summed E-state index contributed by atoms with van der Waals surface area (Å²) in [5.74, 6) is -0.233. The monoisotopic (exact) mass is 355 g/mol. The van der Waals surface area contributed by atoms with Gasteiger partial charge in [0.25, 0.3) is 0 Å². The molecule has 0 bridgehead atoms. The molecule has 2 heterocycles. The SMILES string of the molecule is O=C(O)C1(Oc2ccc3ccccc3c2)CCN(C2CCOCC2)CC1. The molecule has 2 aliphatic heterocycles. The van der Waals surface area contributed by atoms with E-state index in [4.69, 9.17) is 9.47 Å². The number of nitrogens with zero attached hydrogens (tertiary/aromatic N) is 1. The number of ether oxygens (including phenoxy) is 2. The first-order valence-corrected chi connectivity index (χ1v) is 9.39. The number of benzene rings is 2. The first-order chi connectivity index (χ1) is 12.7. The van der Waals surface area contributed by atoms with Crippen LogP contribution in [0.15, 0.2) is 42.5 Å². The van der Waals surface area contributed by atoms with Crippen molar-refractivity contribution in [1.29, 1.82) is 0 Å². The first kappa shape index (κ1) is 17.3. The van der Waals surface area contributed by atoms with Gasteiger partial charge < -0.3 is 14.6 Å². The molecule has 0 atom stereocenters. The van der Waals surface area contributed by atoms with E-state index in [0.29, 0.717) is 24.6 Å². The molecule has 0 aromatic heterocycles. The number of piperidine rings is 1. The summed E-state index contributed by atoms with van der Waals surface area (Å²) in [6.07, 6.45) is 3.08. The van der Waals surface area contributed by atoms with Gasteiger partial charge in [0.15, 0.2) is 0 Å². The Morgan fingerprint density at radius 1 is 1.08 bits per heavy atom. The molecule has 2 fully saturated rings. The summed E-state index contributed by atoms with van der Waals surface area (Å²) < 4.78 is 11.5. The van der Waals surface area contributed by atoms with E-state index in [0.717, 1.165) is 49.9 Å². The van der Waals surface area contributed by atoms with Crippen molar-refractivity contribution in [3.05, 3.63) is 42.5 Å². The van der Waals surface area contributed by atoms with Crippen molar-refractivity contribution in [3.63, 3.8) is 0 Å². The lowest BCUT2D eigenvalue weighted by molar-refractivity contribution is -0.160. The molecule has 5 nitrogen and oxygen atoms in total. The van der Waals surface area contributed by atoms with Gasteiger partial charge in [0.2, 0.25) is 5.60 Å². The zero-order chi connectivity index (χ0) is 18.0. The maximum absolute atomic E-state index is 12.1. The predicted octanol–water partition coefficient (Wildman–Crippen LogP) is 3.32. The van der Waals surface area contributed by atoms with Crippen molar-refractivity contribution in [2.45, 2.75) is 37.3 Å². The Hall–Kier alpha value is -2.11. The second kappa shape index (κ2) is 7.25. The van der Waals surface area contributed by atoms with Crippen LogP contribution in [-0.4, -0.2) is 53.9 Å². The highest BCUT2D eigenvalue weighted by atomic mass is 16.5. The predicted molar refractivity (Wildman–Crippen MR) is 99.6 cm³/mol. The molecule has 2 aliphatic rings. The van der Waals surface area contributed by atoms with Crippen LogP contribution < -0.4 is 4.74 Å². The molecule has 0 amide bonds. The summed E-state index contributed by atoms with van der Waals surface area (Å²) in [5, 5.41) is 12.1. The number of fused-ring (bicyclic) bond motifs is 1. The van der Waals surface area contributed by atoms with Crippen LogP contribution in [0, 0.1) is 0 Å². The van der Waals surface area contributed by atoms with Gasteiger partial charge in [-0.25, -0.2) is 4.79 Å². The Balaban J connectivity index is 1.49. The minimum absolute atomic E-state index is 0.506. The molecule has 0 radical (unpaired) electrons. The van der Waals surface area contributed by atoms with E-state index in [9.17, 15) is 9.90 Å². The normalized spacial score (nSPS) is 21.5. The summed E-state index contributed by atoms with van der Waals surface area (Å²) in [4.78, 5) is 14.5. The highest BCUT2D eigenvalue weighted by Gasteiger charge is 2.45. The summed E-state index contributed by atoms with van der Waals surface area (Å²) in [6.45, 7) is 3.12. The van der Waals surface area contributed by atoms with Crippen LogP contribution in [0.1, 0.15) is 25.7 Å². The second-order valence-corrected chi connectivity index (χ2v) is 7.29. The quantitative estimate of drug-likeness (QED) is 0.912. The molecule has 0 saturated carbocycles. The van der Waals surface area contributed by atoms with Gasteiger partial charge in [-0.2, -0.15) is 0 Å². The number of aliphatic carboxylic acids is 1. The maximum atomic E-state index is 12.1. The summed E-state index contributed by atoms with van der Waals surface area (Å²) >= 11 is 0. The Kier molecular flexibility index (Phi) is 4.83. The average molecular weight is 355 g/mol. The number of likely N-dealkylation sites (tertiary alicyclic amines) is 1. The van der Waals surface area contributed by atoms with Crippen molar-refractivity contribution >= 4 is 16.7 Å². The third-order valence-electron chi connectivity index (χ3n) is 5.74. The van der Waals surface area contributed by atoms with Crippen molar-refractivity contribution in [2.75, 3.05) is 26.3 Å². The van der Waals surface area contributed by atoms with E-state index in [1.165, 1.54) is 0 Å². The largest absolute Gasteiger partial charge is 0.478 e. The van der Waals surface area contributed by atoms with E-state index < -0.39 is 11.6 Å². The fraction of sp³-hybridized carbons (Fsp3) is 0.476. The Bertz CT molecular complexity index is 776. The standard InChI is InChI=1S/C21H25NO4/c23-20(24)21(9-11-22(12-10-21)18-7-13-25-14-8-18)26-19-6-5-16-3-1-2-4-17(16)15-19/h1-6,15,18H,7-14H2,(H,23,24). The lowest BCUT2D eigenvalue weighted by atomic mass is 9.89. The molecule has 2 aromatic carbocycles. The van der Waals surface area contributed by atoms with Crippen molar-refractivity contribution < 1.29 is 19.4 Å². The molecule has 5 heteroatoms. The van der Waals surface area contributed by atoms with E-state index in [2.05, 4.69) is 4.90 Å². The topological polar surface area (TPSA) is 59.0 Å². The molecular weight excluding hydrogens is 330 g/mol. The third kappa shape index (κ3) is 3.41. The van der Waals surface area contributed by atoms with Gasteiger partial charge >= 0.3 is 5.97 Å². The van der Waals surface area contributed by atoms with Crippen molar-refractivity contribution in [2.24, 2.45) is 0 Å². The second-order valence-electron chi connectivity index (χ2n) is 7.29. The lowest BCUT2D eigenvalue weighted by Gasteiger charge is -2.43. The van der Waals surface area contributed by atoms with Gasteiger partial charge in [-0.15, -0.1) is 0 Å². The molecule has 0 aliphatic carbocycles. The molecule has 138 valence electrons.